The summed E-state index contributed by atoms with van der Waals surface area (Å²) in [6.45, 7) is 11.3. The van der Waals surface area contributed by atoms with Gasteiger partial charge in [-0.15, -0.1) is 0 Å². The first kappa shape index (κ1) is 16.4. The molecule has 1 aromatic rings. The number of hydrogen-bond acceptors (Lipinski definition) is 2. The fourth-order valence-electron chi connectivity index (χ4n) is 4.08. The molecule has 0 spiro atoms. The van der Waals surface area contributed by atoms with Crippen LogP contribution in [0, 0.1) is 25.7 Å². The van der Waals surface area contributed by atoms with E-state index in [0.717, 1.165) is 18.1 Å². The summed E-state index contributed by atoms with van der Waals surface area (Å²) in [5.74, 6) is 2.32. The topological polar surface area (TPSA) is 35.2 Å². The Hall–Kier alpha value is -1.02. The zero-order valence-electron chi connectivity index (χ0n) is 14.5. The average molecular weight is 289 g/mol. The molecule has 3 unspecified atom stereocenters. The third-order valence-corrected chi connectivity index (χ3v) is 5.66. The predicted molar refractivity (Wildman–Crippen MR) is 90.0 cm³/mol. The van der Waals surface area contributed by atoms with E-state index >= 15 is 0 Å². The van der Waals surface area contributed by atoms with E-state index in [2.05, 4.69) is 46.8 Å². The third-order valence-electron chi connectivity index (χ3n) is 5.66. The smallest absolute Gasteiger partial charge is 0.125 e. The van der Waals surface area contributed by atoms with Gasteiger partial charge in [-0.05, 0) is 55.1 Å². The molecule has 1 saturated carbocycles. The zero-order valence-corrected chi connectivity index (χ0v) is 14.5. The minimum atomic E-state index is 0.0450. The number of methoxy groups -OCH3 is 1. The molecule has 2 heteroatoms. The van der Waals surface area contributed by atoms with Gasteiger partial charge in [0.2, 0.25) is 0 Å². The minimum Gasteiger partial charge on any atom is -0.496 e. The number of ether oxygens (including phenoxy) is 1. The number of aryl methyl sites for hydroxylation is 1. The summed E-state index contributed by atoms with van der Waals surface area (Å²) >= 11 is 0. The van der Waals surface area contributed by atoms with E-state index in [1.165, 1.54) is 29.5 Å². The molecule has 0 bridgehead atoms. The van der Waals surface area contributed by atoms with Gasteiger partial charge < -0.3 is 10.5 Å². The maximum Gasteiger partial charge on any atom is 0.125 e. The van der Waals surface area contributed by atoms with Gasteiger partial charge in [-0.2, -0.15) is 0 Å². The van der Waals surface area contributed by atoms with Crippen LogP contribution in [0.2, 0.25) is 0 Å². The molecule has 2 N–H and O–H groups in total. The predicted octanol–water partition coefficient (Wildman–Crippen LogP) is 4.35. The Bertz CT molecular complexity index is 507. The Morgan fingerprint density at radius 1 is 1.19 bits per heavy atom. The van der Waals surface area contributed by atoms with Crippen LogP contribution in [0.4, 0.5) is 0 Å². The Morgan fingerprint density at radius 3 is 2.43 bits per heavy atom. The van der Waals surface area contributed by atoms with Crippen molar-refractivity contribution in [3.05, 3.63) is 28.8 Å². The van der Waals surface area contributed by atoms with Crippen molar-refractivity contribution in [3.63, 3.8) is 0 Å². The molecule has 0 aliphatic heterocycles. The van der Waals surface area contributed by atoms with Crippen molar-refractivity contribution in [2.24, 2.45) is 17.6 Å². The van der Waals surface area contributed by atoms with E-state index in [9.17, 15) is 0 Å². The maximum atomic E-state index is 6.51. The molecule has 1 aliphatic carbocycles. The molecule has 0 radical (unpaired) electrons. The van der Waals surface area contributed by atoms with E-state index < -0.39 is 0 Å². The highest BCUT2D eigenvalue weighted by Crippen LogP contribution is 2.45. The minimum absolute atomic E-state index is 0.0450. The van der Waals surface area contributed by atoms with Crippen molar-refractivity contribution < 1.29 is 4.74 Å². The Labute approximate surface area is 130 Å². The number of rotatable bonds is 3. The maximum absolute atomic E-state index is 6.51. The quantitative estimate of drug-likeness (QED) is 0.897. The molecule has 0 amide bonds. The molecule has 2 rings (SSSR count). The lowest BCUT2D eigenvalue weighted by atomic mass is 9.63. The van der Waals surface area contributed by atoms with Gasteiger partial charge in [-0.3, -0.25) is 0 Å². The molecule has 118 valence electrons. The second kappa shape index (κ2) is 6.00. The third kappa shape index (κ3) is 2.96. The van der Waals surface area contributed by atoms with Crippen LogP contribution in [0.5, 0.6) is 5.75 Å². The lowest BCUT2D eigenvalue weighted by molar-refractivity contribution is 0.168. The highest BCUT2D eigenvalue weighted by atomic mass is 16.5. The fraction of sp³-hybridized carbons (Fsp3) is 0.684. The highest BCUT2D eigenvalue weighted by Gasteiger charge is 2.40. The molecule has 21 heavy (non-hydrogen) atoms. The lowest BCUT2D eigenvalue weighted by Crippen LogP contribution is -2.46. The molecule has 2 nitrogen and oxygen atoms in total. The van der Waals surface area contributed by atoms with Crippen molar-refractivity contribution in [2.75, 3.05) is 7.11 Å². The van der Waals surface area contributed by atoms with Crippen molar-refractivity contribution in [3.8, 4) is 5.75 Å². The number of benzene rings is 1. The van der Waals surface area contributed by atoms with Crippen LogP contribution in [-0.4, -0.2) is 13.2 Å². The van der Waals surface area contributed by atoms with Crippen LogP contribution in [0.3, 0.4) is 0 Å². The van der Waals surface area contributed by atoms with Crippen LogP contribution < -0.4 is 10.5 Å². The molecule has 0 heterocycles. The summed E-state index contributed by atoms with van der Waals surface area (Å²) in [6.07, 6.45) is 3.64. The van der Waals surface area contributed by atoms with Crippen LogP contribution in [-0.2, 0) is 5.41 Å². The van der Waals surface area contributed by atoms with Gasteiger partial charge in [0, 0.05) is 11.6 Å². The van der Waals surface area contributed by atoms with Crippen molar-refractivity contribution in [1.29, 1.82) is 0 Å². The molecule has 0 aromatic heterocycles. The second-order valence-electron chi connectivity index (χ2n) is 7.50. The first-order valence-electron chi connectivity index (χ1n) is 8.19. The molecule has 1 aromatic carbocycles. The summed E-state index contributed by atoms with van der Waals surface area (Å²) in [5, 5.41) is 0. The summed E-state index contributed by atoms with van der Waals surface area (Å²) in [4.78, 5) is 0. The number of nitrogens with two attached hydrogens (primary N) is 1. The van der Waals surface area contributed by atoms with Crippen LogP contribution in [0.15, 0.2) is 12.1 Å². The Balaban J connectivity index is 2.42. The monoisotopic (exact) mass is 289 g/mol. The summed E-state index contributed by atoms with van der Waals surface area (Å²) in [7, 11) is 1.78. The molecule has 1 aliphatic rings. The molecule has 0 saturated heterocycles. The summed E-state index contributed by atoms with van der Waals surface area (Å²) in [5.41, 5.74) is 10.4. The average Bonchev–Trinajstić information content (AvgIpc) is 2.40. The van der Waals surface area contributed by atoms with E-state index in [0.29, 0.717) is 5.92 Å². The Morgan fingerprint density at radius 2 is 1.86 bits per heavy atom. The van der Waals surface area contributed by atoms with Crippen LogP contribution in [0.25, 0.3) is 0 Å². The van der Waals surface area contributed by atoms with Gasteiger partial charge in [0.25, 0.3) is 0 Å². The fourth-order valence-corrected chi connectivity index (χ4v) is 4.08. The van der Waals surface area contributed by atoms with E-state index in [4.69, 9.17) is 10.5 Å². The van der Waals surface area contributed by atoms with Gasteiger partial charge in [0.15, 0.2) is 0 Å². The number of hydrogen-bond donors (Lipinski definition) is 1. The lowest BCUT2D eigenvalue weighted by Gasteiger charge is -2.43. The zero-order chi connectivity index (χ0) is 15.8. The largest absolute Gasteiger partial charge is 0.496 e. The SMILES string of the molecule is COc1c(C(C)(C)C2CCC(C)CC2N)ccc(C)c1C. The van der Waals surface area contributed by atoms with Crippen molar-refractivity contribution >= 4 is 0 Å². The van der Waals surface area contributed by atoms with Gasteiger partial charge in [-0.1, -0.05) is 39.3 Å². The van der Waals surface area contributed by atoms with Gasteiger partial charge in [0.05, 0.1) is 7.11 Å². The molecule has 3 atom stereocenters. The second-order valence-corrected chi connectivity index (χ2v) is 7.50. The van der Waals surface area contributed by atoms with E-state index in [-0.39, 0.29) is 11.5 Å². The van der Waals surface area contributed by atoms with Crippen LogP contribution in [0.1, 0.15) is 56.7 Å². The highest BCUT2D eigenvalue weighted by molar-refractivity contribution is 5.49. The van der Waals surface area contributed by atoms with Gasteiger partial charge in [0.1, 0.15) is 5.75 Å². The normalized spacial score (nSPS) is 26.7. The summed E-state index contributed by atoms with van der Waals surface area (Å²) < 4.78 is 5.75. The standard InChI is InChI=1S/C19H31NO/c1-12-7-9-15(17(20)11-12)19(4,5)16-10-8-13(2)14(3)18(16)21-6/h8,10,12,15,17H,7,9,11,20H2,1-6H3. The first-order chi connectivity index (χ1) is 9.78. The van der Waals surface area contributed by atoms with Gasteiger partial charge >= 0.3 is 0 Å². The molecular formula is C19H31NO. The summed E-state index contributed by atoms with van der Waals surface area (Å²) in [6, 6.07) is 4.74. The van der Waals surface area contributed by atoms with Crippen molar-refractivity contribution in [2.45, 2.75) is 65.3 Å². The van der Waals surface area contributed by atoms with Gasteiger partial charge in [-0.25, -0.2) is 0 Å². The van der Waals surface area contributed by atoms with E-state index in [1.54, 1.807) is 7.11 Å². The first-order valence-corrected chi connectivity index (χ1v) is 8.19. The Kier molecular flexibility index (Phi) is 4.67. The molecular weight excluding hydrogens is 258 g/mol. The van der Waals surface area contributed by atoms with Crippen LogP contribution >= 0.6 is 0 Å². The van der Waals surface area contributed by atoms with E-state index in [1.807, 2.05) is 0 Å². The molecule has 1 fully saturated rings. The van der Waals surface area contributed by atoms with Crippen molar-refractivity contribution in [1.82, 2.24) is 0 Å².